The molecule has 0 spiro atoms. The minimum atomic E-state index is 0.559. The fraction of sp³-hybridized carbons (Fsp3) is 0.182. The van der Waals surface area contributed by atoms with Crippen LogP contribution in [0.15, 0.2) is 31.0 Å². The third-order valence-electron chi connectivity index (χ3n) is 1.97. The molecule has 0 amide bonds. The molecule has 0 aliphatic heterocycles. The van der Waals surface area contributed by atoms with Crippen LogP contribution in [-0.4, -0.2) is 4.98 Å². The van der Waals surface area contributed by atoms with Gasteiger partial charge in [0.1, 0.15) is 0 Å². The van der Waals surface area contributed by atoms with E-state index in [-0.39, 0.29) is 0 Å². The molecule has 68 valence electrons. The summed E-state index contributed by atoms with van der Waals surface area (Å²) in [5.74, 6) is 0. The highest BCUT2D eigenvalue weighted by molar-refractivity contribution is 5.52. The van der Waals surface area contributed by atoms with Gasteiger partial charge in [0, 0.05) is 12.7 Å². The second kappa shape index (κ2) is 4.58. The lowest BCUT2D eigenvalue weighted by atomic mass is 10.1. The fourth-order valence-electron chi connectivity index (χ4n) is 1.14. The minimum Gasteiger partial charge on any atom is -0.326 e. The van der Waals surface area contributed by atoms with Crippen molar-refractivity contribution in [3.63, 3.8) is 0 Å². The van der Waals surface area contributed by atoms with E-state index in [4.69, 9.17) is 5.73 Å². The average molecular weight is 174 g/mol. The fourth-order valence-corrected chi connectivity index (χ4v) is 1.14. The van der Waals surface area contributed by atoms with Crippen molar-refractivity contribution in [1.82, 2.24) is 4.98 Å². The zero-order chi connectivity index (χ0) is 9.68. The van der Waals surface area contributed by atoms with Crippen molar-refractivity contribution in [3.05, 3.63) is 47.8 Å². The molecule has 0 unspecified atom stereocenters. The SMILES string of the molecule is C=C/C=C\c1nccc(CN)c1C. The van der Waals surface area contributed by atoms with Gasteiger partial charge in [0.25, 0.3) is 0 Å². The van der Waals surface area contributed by atoms with E-state index in [1.54, 1.807) is 12.3 Å². The minimum absolute atomic E-state index is 0.559. The first-order valence-corrected chi connectivity index (χ1v) is 4.23. The molecule has 0 aliphatic rings. The Morgan fingerprint density at radius 2 is 2.38 bits per heavy atom. The monoisotopic (exact) mass is 174 g/mol. The van der Waals surface area contributed by atoms with Crippen LogP contribution in [0.1, 0.15) is 16.8 Å². The Bertz CT molecular complexity index is 327. The third-order valence-corrected chi connectivity index (χ3v) is 1.97. The molecular weight excluding hydrogens is 160 g/mol. The number of nitrogens with two attached hydrogens (primary N) is 1. The summed E-state index contributed by atoms with van der Waals surface area (Å²) < 4.78 is 0. The Labute approximate surface area is 78.8 Å². The van der Waals surface area contributed by atoms with Gasteiger partial charge in [-0.25, -0.2) is 0 Å². The number of pyridine rings is 1. The van der Waals surface area contributed by atoms with Crippen LogP contribution >= 0.6 is 0 Å². The maximum atomic E-state index is 5.58. The Hall–Kier alpha value is -1.41. The molecule has 2 heteroatoms. The topological polar surface area (TPSA) is 38.9 Å². The largest absolute Gasteiger partial charge is 0.326 e. The van der Waals surface area contributed by atoms with E-state index < -0.39 is 0 Å². The van der Waals surface area contributed by atoms with Crippen LogP contribution in [0, 0.1) is 6.92 Å². The van der Waals surface area contributed by atoms with E-state index >= 15 is 0 Å². The lowest BCUT2D eigenvalue weighted by molar-refractivity contribution is 1.03. The zero-order valence-corrected chi connectivity index (χ0v) is 7.83. The second-order valence-electron chi connectivity index (χ2n) is 2.78. The van der Waals surface area contributed by atoms with E-state index in [0.29, 0.717) is 6.54 Å². The summed E-state index contributed by atoms with van der Waals surface area (Å²) in [6.07, 6.45) is 7.31. The van der Waals surface area contributed by atoms with Gasteiger partial charge in [0.15, 0.2) is 0 Å². The van der Waals surface area contributed by atoms with E-state index in [2.05, 4.69) is 11.6 Å². The van der Waals surface area contributed by atoms with Crippen molar-refractivity contribution in [1.29, 1.82) is 0 Å². The average Bonchev–Trinajstić information content (AvgIpc) is 2.16. The van der Waals surface area contributed by atoms with Gasteiger partial charge in [0.2, 0.25) is 0 Å². The van der Waals surface area contributed by atoms with Crippen LogP contribution in [0.4, 0.5) is 0 Å². The summed E-state index contributed by atoms with van der Waals surface area (Å²) in [5.41, 5.74) is 8.82. The highest BCUT2D eigenvalue weighted by atomic mass is 14.7. The predicted octanol–water partition coefficient (Wildman–Crippen LogP) is 2.05. The quantitative estimate of drug-likeness (QED) is 0.712. The van der Waals surface area contributed by atoms with Gasteiger partial charge in [-0.1, -0.05) is 18.7 Å². The Morgan fingerprint density at radius 3 is 3.00 bits per heavy atom. The third kappa shape index (κ3) is 2.26. The normalized spacial score (nSPS) is 10.6. The van der Waals surface area contributed by atoms with Crippen molar-refractivity contribution in [2.75, 3.05) is 0 Å². The summed E-state index contributed by atoms with van der Waals surface area (Å²) in [5, 5.41) is 0. The van der Waals surface area contributed by atoms with Gasteiger partial charge in [-0.15, -0.1) is 0 Å². The van der Waals surface area contributed by atoms with Crippen molar-refractivity contribution < 1.29 is 0 Å². The van der Waals surface area contributed by atoms with E-state index in [1.165, 1.54) is 0 Å². The second-order valence-corrected chi connectivity index (χ2v) is 2.78. The first-order valence-electron chi connectivity index (χ1n) is 4.23. The van der Waals surface area contributed by atoms with Crippen LogP contribution in [0.25, 0.3) is 6.08 Å². The highest BCUT2D eigenvalue weighted by Crippen LogP contribution is 2.11. The lowest BCUT2D eigenvalue weighted by Crippen LogP contribution is -2.01. The molecule has 0 saturated carbocycles. The van der Waals surface area contributed by atoms with E-state index in [9.17, 15) is 0 Å². The summed E-state index contributed by atoms with van der Waals surface area (Å²) in [4.78, 5) is 4.23. The van der Waals surface area contributed by atoms with Gasteiger partial charge in [-0.2, -0.15) is 0 Å². The molecule has 0 atom stereocenters. The molecular formula is C11H14N2. The Kier molecular flexibility index (Phi) is 3.41. The van der Waals surface area contributed by atoms with Gasteiger partial charge in [-0.05, 0) is 30.2 Å². The molecule has 0 aliphatic carbocycles. The van der Waals surface area contributed by atoms with Gasteiger partial charge < -0.3 is 5.73 Å². The maximum Gasteiger partial charge on any atom is 0.0661 e. The molecule has 1 rings (SSSR count). The molecule has 1 heterocycles. The van der Waals surface area contributed by atoms with Gasteiger partial charge in [-0.3, -0.25) is 4.98 Å². The molecule has 1 aromatic rings. The molecule has 0 aromatic carbocycles. The molecule has 0 bridgehead atoms. The summed E-state index contributed by atoms with van der Waals surface area (Å²) in [6, 6.07) is 1.95. The number of nitrogens with zero attached hydrogens (tertiary/aromatic N) is 1. The number of hydrogen-bond donors (Lipinski definition) is 1. The molecule has 13 heavy (non-hydrogen) atoms. The number of aromatic nitrogens is 1. The lowest BCUT2D eigenvalue weighted by Gasteiger charge is -2.04. The van der Waals surface area contributed by atoms with Crippen LogP contribution in [0.5, 0.6) is 0 Å². The molecule has 0 fully saturated rings. The Balaban J connectivity index is 3.07. The van der Waals surface area contributed by atoms with Gasteiger partial charge in [0.05, 0.1) is 5.69 Å². The zero-order valence-electron chi connectivity index (χ0n) is 7.83. The van der Waals surface area contributed by atoms with E-state index in [1.807, 2.05) is 25.1 Å². The molecule has 0 saturated heterocycles. The van der Waals surface area contributed by atoms with Crippen molar-refractivity contribution in [2.45, 2.75) is 13.5 Å². The summed E-state index contributed by atoms with van der Waals surface area (Å²) in [7, 11) is 0. The molecule has 1 aromatic heterocycles. The Morgan fingerprint density at radius 1 is 1.62 bits per heavy atom. The van der Waals surface area contributed by atoms with Crippen LogP contribution in [0.2, 0.25) is 0 Å². The first-order chi connectivity index (χ1) is 6.29. The van der Waals surface area contributed by atoms with Gasteiger partial charge >= 0.3 is 0 Å². The van der Waals surface area contributed by atoms with Crippen LogP contribution < -0.4 is 5.73 Å². The van der Waals surface area contributed by atoms with Crippen LogP contribution in [-0.2, 0) is 6.54 Å². The number of allylic oxidation sites excluding steroid dienone is 2. The maximum absolute atomic E-state index is 5.58. The summed E-state index contributed by atoms with van der Waals surface area (Å²) >= 11 is 0. The van der Waals surface area contributed by atoms with E-state index in [0.717, 1.165) is 16.8 Å². The number of rotatable bonds is 3. The molecule has 2 N–H and O–H groups in total. The van der Waals surface area contributed by atoms with Crippen molar-refractivity contribution in [2.24, 2.45) is 5.73 Å². The smallest absolute Gasteiger partial charge is 0.0661 e. The number of hydrogen-bond acceptors (Lipinski definition) is 2. The van der Waals surface area contributed by atoms with Crippen molar-refractivity contribution >= 4 is 6.08 Å². The highest BCUT2D eigenvalue weighted by Gasteiger charge is 1.99. The van der Waals surface area contributed by atoms with Crippen molar-refractivity contribution in [3.8, 4) is 0 Å². The molecule has 2 nitrogen and oxygen atoms in total. The van der Waals surface area contributed by atoms with Crippen LogP contribution in [0.3, 0.4) is 0 Å². The summed E-state index contributed by atoms with van der Waals surface area (Å²) in [6.45, 7) is 6.19. The standard InChI is InChI=1S/C11H14N2/c1-3-4-5-11-9(2)10(8-12)6-7-13-11/h3-7H,1,8,12H2,2H3/b5-4-. The molecule has 0 radical (unpaired) electrons. The predicted molar refractivity (Wildman–Crippen MR) is 56.1 cm³/mol. The first kappa shape index (κ1) is 9.68.